The third kappa shape index (κ3) is 3.76. The Hall–Kier alpha value is -2.40. The van der Waals surface area contributed by atoms with Crippen LogP contribution in [0.1, 0.15) is 41.3 Å². The van der Waals surface area contributed by atoms with Gasteiger partial charge >= 0.3 is 0 Å². The maximum absolute atomic E-state index is 14.0. The third-order valence-corrected chi connectivity index (χ3v) is 5.91. The average molecular weight is 383 g/mol. The van der Waals surface area contributed by atoms with Crippen LogP contribution in [0, 0.1) is 11.7 Å². The van der Waals surface area contributed by atoms with Gasteiger partial charge < -0.3 is 14.7 Å². The van der Waals surface area contributed by atoms with Gasteiger partial charge in [0.25, 0.3) is 5.91 Å². The van der Waals surface area contributed by atoms with Crippen molar-refractivity contribution < 1.29 is 19.0 Å². The Morgan fingerprint density at radius 2 is 2.00 bits per heavy atom. The van der Waals surface area contributed by atoms with Crippen molar-refractivity contribution in [2.75, 3.05) is 19.7 Å². The maximum Gasteiger partial charge on any atom is 0.253 e. The van der Waals surface area contributed by atoms with Gasteiger partial charge in [-0.05, 0) is 61.1 Å². The first-order valence-electron chi connectivity index (χ1n) is 9.93. The smallest absolute Gasteiger partial charge is 0.253 e. The highest BCUT2D eigenvalue weighted by Gasteiger charge is 2.36. The van der Waals surface area contributed by atoms with Crippen LogP contribution in [0.15, 0.2) is 42.5 Å². The summed E-state index contributed by atoms with van der Waals surface area (Å²) in [4.78, 5) is 14.7. The summed E-state index contributed by atoms with van der Waals surface area (Å²) in [6, 6.07) is 12.4. The van der Waals surface area contributed by atoms with E-state index < -0.39 is 5.60 Å². The van der Waals surface area contributed by atoms with E-state index in [1.807, 2.05) is 36.1 Å². The van der Waals surface area contributed by atoms with Crippen LogP contribution in [0.3, 0.4) is 0 Å². The predicted octanol–water partition coefficient (Wildman–Crippen LogP) is 3.61. The lowest BCUT2D eigenvalue weighted by Gasteiger charge is -2.31. The van der Waals surface area contributed by atoms with Crippen molar-refractivity contribution in [3.05, 3.63) is 65.0 Å². The van der Waals surface area contributed by atoms with Crippen LogP contribution >= 0.6 is 0 Å². The molecule has 1 saturated heterocycles. The van der Waals surface area contributed by atoms with Crippen molar-refractivity contribution in [3.63, 3.8) is 0 Å². The molecule has 0 aliphatic carbocycles. The number of carbonyl (C=O) groups excluding carboxylic acids is 1. The minimum atomic E-state index is -0.522. The topological polar surface area (TPSA) is 49.8 Å². The molecule has 0 spiro atoms. The van der Waals surface area contributed by atoms with Crippen molar-refractivity contribution in [1.82, 2.24) is 4.90 Å². The molecule has 1 unspecified atom stereocenters. The molecule has 0 radical (unpaired) electrons. The number of aliphatic hydroxyl groups excluding tert-OH is 1. The number of hydrogen-bond donors (Lipinski definition) is 1. The summed E-state index contributed by atoms with van der Waals surface area (Å²) in [5, 5.41) is 9.27. The first kappa shape index (κ1) is 18.9. The van der Waals surface area contributed by atoms with Crippen LogP contribution in [0.2, 0.25) is 0 Å². The number of fused-ring (bicyclic) bond motifs is 1. The zero-order valence-corrected chi connectivity index (χ0v) is 16.2. The Bertz CT molecular complexity index is 876. The van der Waals surface area contributed by atoms with Crippen LogP contribution in [-0.4, -0.2) is 41.2 Å². The first-order valence-corrected chi connectivity index (χ1v) is 9.93. The number of nitrogens with zero attached hydrogens (tertiary/aromatic N) is 1. The number of benzene rings is 2. The third-order valence-electron chi connectivity index (χ3n) is 5.91. The molecule has 4 rings (SSSR count). The molecule has 0 bridgehead atoms. The summed E-state index contributed by atoms with van der Waals surface area (Å²) in [5.41, 5.74) is 1.78. The van der Waals surface area contributed by atoms with Gasteiger partial charge in [0.2, 0.25) is 0 Å². The molecule has 2 heterocycles. The molecule has 2 aromatic carbocycles. The Morgan fingerprint density at radius 3 is 2.71 bits per heavy atom. The molecule has 0 saturated carbocycles. The first-order chi connectivity index (χ1) is 13.5. The van der Waals surface area contributed by atoms with Crippen LogP contribution < -0.4 is 4.74 Å². The summed E-state index contributed by atoms with van der Waals surface area (Å²) in [6.07, 6.45) is 2.81. The van der Waals surface area contributed by atoms with Gasteiger partial charge in [-0.2, -0.15) is 0 Å². The lowest BCUT2D eigenvalue weighted by atomic mass is 9.91. The van der Waals surface area contributed by atoms with Crippen LogP contribution in [0.5, 0.6) is 5.75 Å². The van der Waals surface area contributed by atoms with E-state index in [2.05, 4.69) is 0 Å². The van der Waals surface area contributed by atoms with Crippen molar-refractivity contribution in [1.29, 1.82) is 0 Å². The van der Waals surface area contributed by atoms with Gasteiger partial charge in [-0.25, -0.2) is 4.39 Å². The van der Waals surface area contributed by atoms with Gasteiger partial charge in [-0.1, -0.05) is 18.2 Å². The van der Waals surface area contributed by atoms with Gasteiger partial charge in [0.1, 0.15) is 17.2 Å². The van der Waals surface area contributed by atoms with E-state index in [0.717, 1.165) is 24.2 Å². The average Bonchev–Trinajstić information content (AvgIpc) is 3.04. The molecule has 0 aromatic heterocycles. The van der Waals surface area contributed by atoms with Crippen molar-refractivity contribution in [3.8, 4) is 5.75 Å². The summed E-state index contributed by atoms with van der Waals surface area (Å²) in [6.45, 7) is 3.55. The number of ether oxygens (including phenoxy) is 1. The normalized spacial score (nSPS) is 22.0. The Kier molecular flexibility index (Phi) is 5.11. The summed E-state index contributed by atoms with van der Waals surface area (Å²) >= 11 is 0. The minimum absolute atomic E-state index is 0.0295. The highest BCUT2D eigenvalue weighted by molar-refractivity contribution is 5.94. The summed E-state index contributed by atoms with van der Waals surface area (Å²) < 4.78 is 20.2. The van der Waals surface area contributed by atoms with Crippen LogP contribution in [0.4, 0.5) is 4.39 Å². The van der Waals surface area contributed by atoms with Crippen molar-refractivity contribution in [2.24, 2.45) is 5.92 Å². The second-order valence-corrected chi connectivity index (χ2v) is 8.24. The molecule has 2 aliphatic heterocycles. The largest absolute Gasteiger partial charge is 0.487 e. The van der Waals surface area contributed by atoms with E-state index in [4.69, 9.17) is 4.74 Å². The lowest BCUT2D eigenvalue weighted by molar-refractivity contribution is 0.0651. The monoisotopic (exact) mass is 383 g/mol. The second kappa shape index (κ2) is 7.55. The zero-order valence-electron chi connectivity index (χ0n) is 16.2. The molecule has 2 aromatic rings. The number of likely N-dealkylation sites (tertiary alicyclic amines) is 1. The molecule has 28 heavy (non-hydrogen) atoms. The second-order valence-electron chi connectivity index (χ2n) is 8.24. The molecule has 148 valence electrons. The van der Waals surface area contributed by atoms with Crippen LogP contribution in [-0.2, 0) is 12.8 Å². The lowest BCUT2D eigenvalue weighted by Crippen LogP contribution is -2.39. The maximum atomic E-state index is 14.0. The number of carbonyl (C=O) groups is 1. The van der Waals surface area contributed by atoms with Gasteiger partial charge in [-0.15, -0.1) is 0 Å². The van der Waals surface area contributed by atoms with Gasteiger partial charge in [0, 0.05) is 38.1 Å². The Labute approximate surface area is 164 Å². The molecule has 1 N–H and O–H groups in total. The number of hydrogen-bond acceptors (Lipinski definition) is 3. The molecule has 1 atom stereocenters. The Morgan fingerprint density at radius 1 is 1.25 bits per heavy atom. The SMILES string of the molecule is CC1(Cc2ccccc2F)Cc2cc(C(=O)N3CCC(CO)CC3)ccc2O1. The van der Waals surface area contributed by atoms with Gasteiger partial charge in [0.15, 0.2) is 0 Å². The van der Waals surface area contributed by atoms with E-state index in [0.29, 0.717) is 43.0 Å². The quantitative estimate of drug-likeness (QED) is 0.878. The highest BCUT2D eigenvalue weighted by Crippen LogP contribution is 2.38. The molecule has 5 heteroatoms. The van der Waals surface area contributed by atoms with Gasteiger partial charge in [-0.3, -0.25) is 4.79 Å². The fourth-order valence-corrected chi connectivity index (χ4v) is 4.30. The Balaban J connectivity index is 1.47. The van der Waals surface area contributed by atoms with E-state index in [-0.39, 0.29) is 18.3 Å². The van der Waals surface area contributed by atoms with E-state index >= 15 is 0 Å². The number of halogens is 1. The number of piperidine rings is 1. The standard InChI is InChI=1S/C23H26FNO3/c1-23(13-18-4-2-3-5-20(18)24)14-19-12-17(6-7-21(19)28-23)22(27)25-10-8-16(15-26)9-11-25/h2-7,12,16,26H,8-11,13-15H2,1H3. The number of aliphatic hydroxyl groups is 1. The van der Waals surface area contributed by atoms with Crippen LogP contribution in [0.25, 0.3) is 0 Å². The summed E-state index contributed by atoms with van der Waals surface area (Å²) in [5.74, 6) is 0.887. The molecule has 4 nitrogen and oxygen atoms in total. The predicted molar refractivity (Wildman–Crippen MR) is 105 cm³/mol. The van der Waals surface area contributed by atoms with E-state index in [9.17, 15) is 14.3 Å². The molecule has 2 aliphatic rings. The summed E-state index contributed by atoms with van der Waals surface area (Å²) in [7, 11) is 0. The van der Waals surface area contributed by atoms with E-state index in [1.54, 1.807) is 12.1 Å². The fourth-order valence-electron chi connectivity index (χ4n) is 4.30. The molecular weight excluding hydrogens is 357 g/mol. The van der Waals surface area contributed by atoms with E-state index in [1.165, 1.54) is 6.07 Å². The zero-order chi connectivity index (χ0) is 19.7. The van der Waals surface area contributed by atoms with Crippen molar-refractivity contribution in [2.45, 2.75) is 38.2 Å². The highest BCUT2D eigenvalue weighted by atomic mass is 19.1. The number of amides is 1. The molecular formula is C23H26FNO3. The van der Waals surface area contributed by atoms with Crippen molar-refractivity contribution >= 4 is 5.91 Å². The van der Waals surface area contributed by atoms with Gasteiger partial charge in [0.05, 0.1) is 0 Å². The minimum Gasteiger partial charge on any atom is -0.487 e. The number of rotatable bonds is 4. The molecule has 1 fully saturated rings. The molecule has 1 amide bonds. The fraction of sp³-hybridized carbons (Fsp3) is 0.435.